The molecule has 26 heavy (non-hydrogen) atoms. The molecule has 1 heterocycles. The van der Waals surface area contributed by atoms with E-state index in [9.17, 15) is 4.39 Å². The molecule has 0 bridgehead atoms. The highest BCUT2D eigenvalue weighted by Gasteiger charge is 2.13. The number of benzene rings is 2. The van der Waals surface area contributed by atoms with E-state index in [0.29, 0.717) is 5.92 Å². The Bertz CT molecular complexity index is 589. The molecule has 1 N–H and O–H groups in total. The fourth-order valence-electron chi connectivity index (χ4n) is 2.57. The molecule has 0 radical (unpaired) electrons. The van der Waals surface area contributed by atoms with Crippen LogP contribution in [0.3, 0.4) is 0 Å². The largest absolute Gasteiger partial charge is 0.493 e. The molecule has 142 valence electrons. The molecule has 2 aromatic rings. The Balaban J connectivity index is 0.000000254. The minimum Gasteiger partial charge on any atom is -0.493 e. The van der Waals surface area contributed by atoms with Crippen molar-refractivity contribution in [2.24, 2.45) is 5.92 Å². The molecule has 1 aliphatic heterocycles. The molecular formula is C21H28FNO3. The minimum atomic E-state index is -0.171. The summed E-state index contributed by atoms with van der Waals surface area (Å²) >= 11 is 0. The van der Waals surface area contributed by atoms with E-state index >= 15 is 0 Å². The molecule has 2 aromatic carbocycles. The molecular weight excluding hydrogens is 333 g/mol. The molecule has 1 aliphatic rings. The van der Waals surface area contributed by atoms with Gasteiger partial charge < -0.3 is 19.5 Å². The first-order valence-electron chi connectivity index (χ1n) is 8.95. The molecule has 0 spiro atoms. The fraction of sp³-hybridized carbons (Fsp3) is 0.429. The Morgan fingerprint density at radius 3 is 2.19 bits per heavy atom. The summed E-state index contributed by atoms with van der Waals surface area (Å²) in [5, 5.41) is 3.39. The first-order chi connectivity index (χ1) is 12.7. The lowest BCUT2D eigenvalue weighted by molar-refractivity contribution is 0.0510. The highest BCUT2D eigenvalue weighted by Crippen LogP contribution is 2.19. The third kappa shape index (κ3) is 7.85. The average Bonchev–Trinajstić information content (AvgIpc) is 2.69. The molecule has 5 heteroatoms. The van der Waals surface area contributed by atoms with Crippen LogP contribution in [0.15, 0.2) is 48.5 Å². The van der Waals surface area contributed by atoms with Crippen LogP contribution in [0.4, 0.5) is 4.39 Å². The van der Waals surface area contributed by atoms with Gasteiger partial charge in [0.05, 0.1) is 6.61 Å². The molecule has 0 unspecified atom stereocenters. The minimum absolute atomic E-state index is 0.171. The summed E-state index contributed by atoms with van der Waals surface area (Å²) in [7, 11) is 1.61. The molecule has 1 saturated heterocycles. The maximum absolute atomic E-state index is 12.1. The Morgan fingerprint density at radius 1 is 1.00 bits per heavy atom. The SMILES string of the molecule is COCOc1ccc(OC[C@H]2CCCNC2)cc1.Cc1ccc(F)cc1. The van der Waals surface area contributed by atoms with Gasteiger partial charge in [-0.15, -0.1) is 0 Å². The number of hydrogen-bond donors (Lipinski definition) is 1. The van der Waals surface area contributed by atoms with Crippen LogP contribution >= 0.6 is 0 Å². The van der Waals surface area contributed by atoms with Crippen LogP contribution in [0.1, 0.15) is 18.4 Å². The van der Waals surface area contributed by atoms with Crippen molar-refractivity contribution in [3.63, 3.8) is 0 Å². The number of ether oxygens (including phenoxy) is 3. The number of rotatable bonds is 6. The lowest BCUT2D eigenvalue weighted by Crippen LogP contribution is -2.33. The second-order valence-corrected chi connectivity index (χ2v) is 6.34. The van der Waals surface area contributed by atoms with E-state index in [4.69, 9.17) is 14.2 Å². The first-order valence-corrected chi connectivity index (χ1v) is 8.95. The zero-order chi connectivity index (χ0) is 18.6. The average molecular weight is 361 g/mol. The van der Waals surface area contributed by atoms with E-state index in [1.54, 1.807) is 19.2 Å². The summed E-state index contributed by atoms with van der Waals surface area (Å²) in [4.78, 5) is 0. The van der Waals surface area contributed by atoms with Crippen LogP contribution in [-0.4, -0.2) is 33.6 Å². The number of aryl methyl sites for hydroxylation is 1. The van der Waals surface area contributed by atoms with Gasteiger partial charge in [-0.3, -0.25) is 0 Å². The number of hydrogen-bond acceptors (Lipinski definition) is 4. The van der Waals surface area contributed by atoms with Crippen molar-refractivity contribution in [1.29, 1.82) is 0 Å². The summed E-state index contributed by atoms with van der Waals surface area (Å²) in [5.41, 5.74) is 1.09. The number of piperidine rings is 1. The molecule has 4 nitrogen and oxygen atoms in total. The predicted octanol–water partition coefficient (Wildman–Crippen LogP) is 4.18. The second-order valence-electron chi connectivity index (χ2n) is 6.34. The van der Waals surface area contributed by atoms with Gasteiger partial charge in [-0.2, -0.15) is 0 Å². The van der Waals surface area contributed by atoms with Crippen LogP contribution in [0, 0.1) is 18.7 Å². The summed E-state index contributed by atoms with van der Waals surface area (Å²) in [5.74, 6) is 2.15. The normalized spacial score (nSPS) is 16.3. The first kappa shape index (κ1) is 20.2. The van der Waals surface area contributed by atoms with Gasteiger partial charge in [0.2, 0.25) is 0 Å². The fourth-order valence-corrected chi connectivity index (χ4v) is 2.57. The van der Waals surface area contributed by atoms with E-state index in [-0.39, 0.29) is 12.6 Å². The molecule has 0 saturated carbocycles. The summed E-state index contributed by atoms with van der Waals surface area (Å²) < 4.78 is 28.0. The van der Waals surface area contributed by atoms with E-state index in [2.05, 4.69) is 5.32 Å². The van der Waals surface area contributed by atoms with Gasteiger partial charge >= 0.3 is 0 Å². The van der Waals surface area contributed by atoms with Gasteiger partial charge in [0.15, 0.2) is 6.79 Å². The molecule has 0 aliphatic carbocycles. The molecule has 0 aromatic heterocycles. The van der Waals surface area contributed by atoms with Crippen LogP contribution in [0.2, 0.25) is 0 Å². The Kier molecular flexibility index (Phi) is 8.93. The third-order valence-electron chi connectivity index (χ3n) is 4.06. The van der Waals surface area contributed by atoms with Gasteiger partial charge in [0.25, 0.3) is 0 Å². The van der Waals surface area contributed by atoms with Crippen molar-refractivity contribution < 1.29 is 18.6 Å². The standard InChI is InChI=1S/C14H21NO3.C7H7F/c1-16-11-18-14-6-4-13(5-7-14)17-10-12-3-2-8-15-9-12;1-6-2-4-7(8)5-3-6/h4-7,12,15H,2-3,8-11H2,1H3;2-5H,1H3/t12-;/m0./s1. The van der Waals surface area contributed by atoms with Crippen LogP contribution in [0.25, 0.3) is 0 Å². The van der Waals surface area contributed by atoms with Gasteiger partial charge in [0, 0.05) is 19.6 Å². The predicted molar refractivity (Wildman–Crippen MR) is 101 cm³/mol. The Morgan fingerprint density at radius 2 is 1.65 bits per heavy atom. The highest BCUT2D eigenvalue weighted by molar-refractivity contribution is 5.31. The van der Waals surface area contributed by atoms with Crippen LogP contribution in [-0.2, 0) is 4.74 Å². The van der Waals surface area contributed by atoms with Crippen molar-refractivity contribution in [1.82, 2.24) is 5.32 Å². The summed E-state index contributed by atoms with van der Waals surface area (Å²) in [6.07, 6.45) is 2.50. The lowest BCUT2D eigenvalue weighted by Gasteiger charge is -2.22. The smallest absolute Gasteiger partial charge is 0.188 e. The van der Waals surface area contributed by atoms with E-state index in [1.807, 2.05) is 31.2 Å². The quantitative estimate of drug-likeness (QED) is 0.784. The monoisotopic (exact) mass is 361 g/mol. The van der Waals surface area contributed by atoms with Crippen molar-refractivity contribution >= 4 is 0 Å². The number of halogens is 1. The zero-order valence-corrected chi connectivity index (χ0v) is 15.5. The molecule has 3 rings (SSSR count). The maximum atomic E-state index is 12.1. The van der Waals surface area contributed by atoms with Crippen molar-refractivity contribution in [3.8, 4) is 11.5 Å². The summed E-state index contributed by atoms with van der Waals surface area (Å²) in [6, 6.07) is 14.1. The molecule has 1 fully saturated rings. The maximum Gasteiger partial charge on any atom is 0.188 e. The van der Waals surface area contributed by atoms with Gasteiger partial charge in [0.1, 0.15) is 17.3 Å². The zero-order valence-electron chi connectivity index (χ0n) is 15.5. The number of nitrogens with one attached hydrogen (secondary N) is 1. The Hall–Kier alpha value is -2.11. The topological polar surface area (TPSA) is 39.7 Å². The van der Waals surface area contributed by atoms with Crippen LogP contribution < -0.4 is 14.8 Å². The number of methoxy groups -OCH3 is 1. The van der Waals surface area contributed by atoms with Crippen molar-refractivity contribution in [2.45, 2.75) is 19.8 Å². The van der Waals surface area contributed by atoms with E-state index in [1.165, 1.54) is 25.0 Å². The van der Waals surface area contributed by atoms with Gasteiger partial charge in [-0.05, 0) is 62.7 Å². The lowest BCUT2D eigenvalue weighted by atomic mass is 10.0. The van der Waals surface area contributed by atoms with Gasteiger partial charge in [-0.25, -0.2) is 4.39 Å². The Labute approximate surface area is 155 Å². The third-order valence-corrected chi connectivity index (χ3v) is 4.06. The molecule has 0 amide bonds. The highest BCUT2D eigenvalue weighted by atomic mass is 19.1. The van der Waals surface area contributed by atoms with E-state index in [0.717, 1.165) is 36.8 Å². The van der Waals surface area contributed by atoms with Crippen LogP contribution in [0.5, 0.6) is 11.5 Å². The van der Waals surface area contributed by atoms with Gasteiger partial charge in [-0.1, -0.05) is 17.7 Å². The van der Waals surface area contributed by atoms with Crippen molar-refractivity contribution in [2.75, 3.05) is 33.6 Å². The van der Waals surface area contributed by atoms with Crippen molar-refractivity contribution in [3.05, 3.63) is 59.9 Å². The second kappa shape index (κ2) is 11.5. The molecule has 1 atom stereocenters. The van der Waals surface area contributed by atoms with E-state index < -0.39 is 0 Å². The summed E-state index contributed by atoms with van der Waals surface area (Å²) in [6.45, 7) is 5.19.